The predicted octanol–water partition coefficient (Wildman–Crippen LogP) is 0.319. The first kappa shape index (κ1) is 14.7. The van der Waals surface area contributed by atoms with Crippen LogP contribution in [0.4, 0.5) is 0 Å². The quantitative estimate of drug-likeness (QED) is 0.468. The summed E-state index contributed by atoms with van der Waals surface area (Å²) in [7, 11) is 1.62. The second kappa shape index (κ2) is 6.35. The molecule has 16 heavy (non-hydrogen) atoms. The van der Waals surface area contributed by atoms with E-state index in [-0.39, 0.29) is 5.91 Å². The van der Waals surface area contributed by atoms with E-state index in [1.807, 2.05) is 13.8 Å². The van der Waals surface area contributed by atoms with E-state index >= 15 is 0 Å². The Hall–Kier alpha value is -1.26. The summed E-state index contributed by atoms with van der Waals surface area (Å²) in [5.41, 5.74) is 5.15. The molecule has 0 aromatic carbocycles. The summed E-state index contributed by atoms with van der Waals surface area (Å²) in [6.07, 6.45) is 0. The van der Waals surface area contributed by atoms with Gasteiger partial charge >= 0.3 is 0 Å². The van der Waals surface area contributed by atoms with Gasteiger partial charge in [0.05, 0.1) is 12.0 Å². The van der Waals surface area contributed by atoms with E-state index in [4.69, 9.17) is 5.73 Å². The minimum Gasteiger partial charge on any atom is -0.370 e. The van der Waals surface area contributed by atoms with Gasteiger partial charge in [-0.15, -0.1) is 0 Å². The fourth-order valence-corrected chi connectivity index (χ4v) is 1.06. The van der Waals surface area contributed by atoms with E-state index in [0.717, 1.165) is 6.54 Å². The molecule has 0 atom stereocenters. The van der Waals surface area contributed by atoms with Gasteiger partial charge in [-0.25, -0.2) is 0 Å². The van der Waals surface area contributed by atoms with Crippen LogP contribution in [0.3, 0.4) is 0 Å². The highest BCUT2D eigenvalue weighted by atomic mass is 16.2. The van der Waals surface area contributed by atoms with Crippen molar-refractivity contribution in [3.05, 3.63) is 0 Å². The fourth-order valence-electron chi connectivity index (χ4n) is 1.06. The Kier molecular flexibility index (Phi) is 5.85. The molecule has 0 aliphatic carbocycles. The lowest BCUT2D eigenvalue weighted by Crippen LogP contribution is -2.39. The topological polar surface area (TPSA) is 79.5 Å². The highest BCUT2D eigenvalue weighted by Gasteiger charge is 2.26. The molecule has 5 heteroatoms. The number of amides is 1. The zero-order valence-corrected chi connectivity index (χ0v) is 10.9. The number of nitrogens with two attached hydrogens (primary N) is 1. The third kappa shape index (κ3) is 5.58. The molecule has 0 saturated carbocycles. The molecule has 1 amide bonds. The van der Waals surface area contributed by atoms with Crippen LogP contribution >= 0.6 is 0 Å². The largest absolute Gasteiger partial charge is 0.370 e. The summed E-state index contributed by atoms with van der Waals surface area (Å²) in [6.45, 7) is 9.03. The maximum absolute atomic E-state index is 11.5. The summed E-state index contributed by atoms with van der Waals surface area (Å²) >= 11 is 0. The van der Waals surface area contributed by atoms with Crippen molar-refractivity contribution in [2.45, 2.75) is 27.7 Å². The number of carbonyl (C=O) groups is 1. The molecule has 94 valence electrons. The Bertz CT molecular complexity index is 259. The number of rotatable bonds is 5. The number of nitrogens with one attached hydrogen (secondary N) is 2. The summed E-state index contributed by atoms with van der Waals surface area (Å²) < 4.78 is 0. The summed E-state index contributed by atoms with van der Waals surface area (Å²) in [4.78, 5) is 15.6. The maximum atomic E-state index is 11.5. The molecule has 0 aromatic heterocycles. The van der Waals surface area contributed by atoms with Crippen molar-refractivity contribution in [3.63, 3.8) is 0 Å². The zero-order chi connectivity index (χ0) is 12.8. The van der Waals surface area contributed by atoms with Crippen molar-refractivity contribution in [3.8, 4) is 0 Å². The van der Waals surface area contributed by atoms with Crippen molar-refractivity contribution in [2.75, 3.05) is 20.1 Å². The molecule has 0 radical (unpaired) electrons. The second-order valence-electron chi connectivity index (χ2n) is 4.94. The monoisotopic (exact) mass is 228 g/mol. The van der Waals surface area contributed by atoms with E-state index in [0.29, 0.717) is 18.4 Å². The molecular formula is C11H24N4O. The van der Waals surface area contributed by atoms with Crippen molar-refractivity contribution in [1.82, 2.24) is 10.6 Å². The van der Waals surface area contributed by atoms with Gasteiger partial charge in [-0.3, -0.25) is 9.79 Å². The molecule has 0 bridgehead atoms. The molecule has 4 N–H and O–H groups in total. The molecule has 0 fully saturated rings. The molecule has 0 rings (SSSR count). The normalized spacial score (nSPS) is 12.8. The Morgan fingerprint density at radius 2 is 2.00 bits per heavy atom. The van der Waals surface area contributed by atoms with E-state index in [1.165, 1.54) is 0 Å². The van der Waals surface area contributed by atoms with Crippen LogP contribution < -0.4 is 16.4 Å². The van der Waals surface area contributed by atoms with Crippen molar-refractivity contribution >= 4 is 11.9 Å². The first-order valence-corrected chi connectivity index (χ1v) is 5.55. The molecule has 0 aliphatic rings. The lowest BCUT2D eigenvalue weighted by atomic mass is 9.93. The van der Waals surface area contributed by atoms with Crippen LogP contribution in [0.1, 0.15) is 27.7 Å². The zero-order valence-electron chi connectivity index (χ0n) is 10.9. The molecule has 0 aromatic rings. The van der Waals surface area contributed by atoms with Gasteiger partial charge in [-0.1, -0.05) is 13.8 Å². The van der Waals surface area contributed by atoms with Gasteiger partial charge in [0.15, 0.2) is 5.96 Å². The molecule has 5 nitrogen and oxygen atoms in total. The minimum absolute atomic E-state index is 0.0343. The van der Waals surface area contributed by atoms with E-state index < -0.39 is 5.41 Å². The van der Waals surface area contributed by atoms with Crippen molar-refractivity contribution < 1.29 is 4.79 Å². The van der Waals surface area contributed by atoms with Gasteiger partial charge in [0.1, 0.15) is 0 Å². The molecule has 0 unspecified atom stereocenters. The molecule has 0 spiro atoms. The third-order valence-electron chi connectivity index (χ3n) is 2.18. The van der Waals surface area contributed by atoms with Gasteiger partial charge in [0.2, 0.25) is 5.91 Å². The van der Waals surface area contributed by atoms with E-state index in [9.17, 15) is 4.79 Å². The Morgan fingerprint density at radius 3 is 2.44 bits per heavy atom. The Balaban J connectivity index is 4.19. The van der Waals surface area contributed by atoms with Gasteiger partial charge in [0, 0.05) is 13.6 Å². The summed E-state index contributed by atoms with van der Waals surface area (Å²) in [5.74, 6) is 0.874. The molecule has 0 heterocycles. The minimum atomic E-state index is -0.529. The van der Waals surface area contributed by atoms with Crippen molar-refractivity contribution in [2.24, 2.45) is 22.1 Å². The van der Waals surface area contributed by atoms with Gasteiger partial charge in [0.25, 0.3) is 0 Å². The predicted molar refractivity (Wildman–Crippen MR) is 67.2 cm³/mol. The number of carbonyl (C=O) groups excluding carboxylic acids is 1. The number of guanidine groups is 1. The summed E-state index contributed by atoms with van der Waals surface area (Å²) in [5, 5.41) is 5.62. The van der Waals surface area contributed by atoms with Crippen molar-refractivity contribution in [1.29, 1.82) is 0 Å². The van der Waals surface area contributed by atoms with Crippen LogP contribution in [-0.2, 0) is 4.79 Å². The SMILES string of the molecule is CNC(=O)C(C)(C)CN=C(N)NCC(C)C. The summed E-state index contributed by atoms with van der Waals surface area (Å²) in [6, 6.07) is 0. The molecule has 0 saturated heterocycles. The highest BCUT2D eigenvalue weighted by molar-refractivity contribution is 5.83. The average Bonchev–Trinajstić information content (AvgIpc) is 2.22. The van der Waals surface area contributed by atoms with Crippen LogP contribution in [-0.4, -0.2) is 32.0 Å². The first-order chi connectivity index (χ1) is 7.29. The Labute approximate surface area is 97.9 Å². The van der Waals surface area contributed by atoms with Crippen LogP contribution in [0.15, 0.2) is 4.99 Å². The standard InChI is InChI=1S/C11H24N4O/c1-8(2)6-14-10(12)15-7-11(3,4)9(16)13-5/h8H,6-7H2,1-5H3,(H,13,16)(H3,12,14,15). The van der Waals surface area contributed by atoms with Crippen LogP contribution in [0.25, 0.3) is 0 Å². The van der Waals surface area contributed by atoms with E-state index in [2.05, 4.69) is 29.5 Å². The number of hydrogen-bond donors (Lipinski definition) is 3. The van der Waals surface area contributed by atoms with Gasteiger partial charge < -0.3 is 16.4 Å². The lowest BCUT2D eigenvalue weighted by Gasteiger charge is -2.20. The fraction of sp³-hybridized carbons (Fsp3) is 0.818. The highest BCUT2D eigenvalue weighted by Crippen LogP contribution is 2.14. The van der Waals surface area contributed by atoms with Gasteiger partial charge in [-0.05, 0) is 19.8 Å². The van der Waals surface area contributed by atoms with Gasteiger partial charge in [-0.2, -0.15) is 0 Å². The first-order valence-electron chi connectivity index (χ1n) is 5.55. The van der Waals surface area contributed by atoms with E-state index in [1.54, 1.807) is 7.05 Å². The average molecular weight is 228 g/mol. The lowest BCUT2D eigenvalue weighted by molar-refractivity contribution is -0.128. The number of nitrogens with zero attached hydrogens (tertiary/aromatic N) is 1. The second-order valence-corrected chi connectivity index (χ2v) is 4.94. The number of hydrogen-bond acceptors (Lipinski definition) is 2. The molecule has 0 aliphatic heterocycles. The number of aliphatic imine (C=N–C) groups is 1. The van der Waals surface area contributed by atoms with Crippen LogP contribution in [0.2, 0.25) is 0 Å². The Morgan fingerprint density at radius 1 is 1.44 bits per heavy atom. The van der Waals surface area contributed by atoms with Crippen LogP contribution in [0, 0.1) is 11.3 Å². The smallest absolute Gasteiger partial charge is 0.227 e. The third-order valence-corrected chi connectivity index (χ3v) is 2.18. The van der Waals surface area contributed by atoms with Crippen LogP contribution in [0.5, 0.6) is 0 Å². The molecular weight excluding hydrogens is 204 g/mol. The maximum Gasteiger partial charge on any atom is 0.227 e.